The molecule has 1 heterocycles. The highest BCUT2D eigenvalue weighted by Crippen LogP contribution is 2.13. The second kappa shape index (κ2) is 6.92. The zero-order valence-corrected chi connectivity index (χ0v) is 11.5. The number of carboxylic acids is 1. The van der Waals surface area contributed by atoms with Crippen LogP contribution in [0.2, 0.25) is 0 Å². The molecule has 0 fully saturated rings. The standard InChI is InChI=1S/C13H20N2O4/c1-4-9(3)15-7-6-10(14-15)8-11(12(16)17)13(18)19-5-2/h6-7,9,11H,4-5,8H2,1-3H3,(H,16,17). The number of carbonyl (C=O) groups is 2. The van der Waals surface area contributed by atoms with Crippen LogP contribution < -0.4 is 0 Å². The molecule has 0 aliphatic rings. The molecule has 1 rings (SSSR count). The predicted molar refractivity (Wildman–Crippen MR) is 68.7 cm³/mol. The summed E-state index contributed by atoms with van der Waals surface area (Å²) in [6.07, 6.45) is 2.78. The Bertz CT molecular complexity index is 442. The lowest BCUT2D eigenvalue weighted by Crippen LogP contribution is -2.28. The van der Waals surface area contributed by atoms with Gasteiger partial charge in [-0.1, -0.05) is 6.92 Å². The fourth-order valence-corrected chi connectivity index (χ4v) is 1.64. The van der Waals surface area contributed by atoms with Crippen LogP contribution in [0.3, 0.4) is 0 Å². The smallest absolute Gasteiger partial charge is 0.320 e. The maximum atomic E-state index is 11.5. The Morgan fingerprint density at radius 1 is 1.47 bits per heavy atom. The summed E-state index contributed by atoms with van der Waals surface area (Å²) >= 11 is 0. The number of hydrogen-bond donors (Lipinski definition) is 1. The predicted octanol–water partition coefficient (Wildman–Crippen LogP) is 1.66. The van der Waals surface area contributed by atoms with Crippen molar-refractivity contribution in [3.8, 4) is 0 Å². The summed E-state index contributed by atoms with van der Waals surface area (Å²) in [5.41, 5.74) is 0.584. The average molecular weight is 268 g/mol. The Morgan fingerprint density at radius 3 is 2.68 bits per heavy atom. The number of carboxylic acid groups (broad SMARTS) is 1. The third kappa shape index (κ3) is 4.08. The van der Waals surface area contributed by atoms with Crippen LogP contribution in [0.25, 0.3) is 0 Å². The SMILES string of the molecule is CCOC(=O)C(Cc1ccn(C(C)CC)n1)C(=O)O. The van der Waals surface area contributed by atoms with Gasteiger partial charge in [0.15, 0.2) is 5.92 Å². The Kier molecular flexibility index (Phi) is 5.54. The number of nitrogens with zero attached hydrogens (tertiary/aromatic N) is 2. The molecular formula is C13H20N2O4. The van der Waals surface area contributed by atoms with Crippen molar-refractivity contribution in [3.05, 3.63) is 18.0 Å². The van der Waals surface area contributed by atoms with E-state index < -0.39 is 17.9 Å². The molecule has 0 aromatic carbocycles. The molecule has 0 saturated heterocycles. The maximum Gasteiger partial charge on any atom is 0.320 e. The number of aliphatic carboxylic acids is 1. The zero-order valence-electron chi connectivity index (χ0n) is 11.5. The molecule has 0 bridgehead atoms. The molecule has 2 unspecified atom stereocenters. The number of hydrogen-bond acceptors (Lipinski definition) is 4. The van der Waals surface area contributed by atoms with Crippen molar-refractivity contribution < 1.29 is 19.4 Å². The van der Waals surface area contributed by atoms with Crippen LogP contribution in [-0.4, -0.2) is 33.4 Å². The van der Waals surface area contributed by atoms with E-state index in [1.54, 1.807) is 23.9 Å². The summed E-state index contributed by atoms with van der Waals surface area (Å²) in [7, 11) is 0. The second-order valence-corrected chi connectivity index (χ2v) is 4.39. The summed E-state index contributed by atoms with van der Waals surface area (Å²) in [5, 5.41) is 13.3. The van der Waals surface area contributed by atoms with E-state index in [0.29, 0.717) is 5.69 Å². The Labute approximate surface area is 112 Å². The van der Waals surface area contributed by atoms with Crippen LogP contribution in [0.5, 0.6) is 0 Å². The molecular weight excluding hydrogens is 248 g/mol. The van der Waals surface area contributed by atoms with Crippen LogP contribution in [0.15, 0.2) is 12.3 Å². The molecule has 1 N–H and O–H groups in total. The topological polar surface area (TPSA) is 81.4 Å². The van der Waals surface area contributed by atoms with Gasteiger partial charge in [-0.2, -0.15) is 5.10 Å². The number of ether oxygens (including phenoxy) is 1. The lowest BCUT2D eigenvalue weighted by Gasteiger charge is -2.10. The van der Waals surface area contributed by atoms with E-state index in [-0.39, 0.29) is 19.1 Å². The van der Waals surface area contributed by atoms with Crippen LogP contribution in [0, 0.1) is 5.92 Å². The second-order valence-electron chi connectivity index (χ2n) is 4.39. The van der Waals surface area contributed by atoms with Crippen molar-refractivity contribution in [2.75, 3.05) is 6.61 Å². The van der Waals surface area contributed by atoms with E-state index >= 15 is 0 Å². The summed E-state index contributed by atoms with van der Waals surface area (Å²) in [6, 6.07) is 1.99. The third-order valence-corrected chi connectivity index (χ3v) is 2.99. The Morgan fingerprint density at radius 2 is 2.16 bits per heavy atom. The molecule has 1 aromatic heterocycles. The van der Waals surface area contributed by atoms with Gasteiger partial charge in [-0.3, -0.25) is 14.3 Å². The van der Waals surface area contributed by atoms with Gasteiger partial charge in [0.2, 0.25) is 0 Å². The van der Waals surface area contributed by atoms with Crippen molar-refractivity contribution in [1.82, 2.24) is 9.78 Å². The molecule has 0 radical (unpaired) electrons. The highest BCUT2D eigenvalue weighted by Gasteiger charge is 2.28. The summed E-state index contributed by atoms with van der Waals surface area (Å²) in [4.78, 5) is 22.6. The van der Waals surface area contributed by atoms with E-state index in [9.17, 15) is 9.59 Å². The Balaban J connectivity index is 2.77. The van der Waals surface area contributed by atoms with E-state index in [0.717, 1.165) is 6.42 Å². The number of carbonyl (C=O) groups excluding carboxylic acids is 1. The molecule has 0 amide bonds. The van der Waals surface area contributed by atoms with Gasteiger partial charge in [-0.05, 0) is 26.3 Å². The van der Waals surface area contributed by atoms with Gasteiger partial charge in [0.25, 0.3) is 0 Å². The molecule has 19 heavy (non-hydrogen) atoms. The number of esters is 1. The first-order chi connectivity index (χ1) is 8.99. The minimum atomic E-state index is -1.19. The van der Waals surface area contributed by atoms with Crippen molar-refractivity contribution in [3.63, 3.8) is 0 Å². The quantitative estimate of drug-likeness (QED) is 0.600. The largest absolute Gasteiger partial charge is 0.481 e. The van der Waals surface area contributed by atoms with Gasteiger partial charge < -0.3 is 9.84 Å². The lowest BCUT2D eigenvalue weighted by atomic mass is 10.0. The van der Waals surface area contributed by atoms with Gasteiger partial charge >= 0.3 is 11.9 Å². The maximum absolute atomic E-state index is 11.5. The van der Waals surface area contributed by atoms with E-state index in [1.807, 2.05) is 13.8 Å². The first-order valence-corrected chi connectivity index (χ1v) is 6.43. The van der Waals surface area contributed by atoms with Gasteiger partial charge in [0, 0.05) is 18.7 Å². The first kappa shape index (κ1) is 15.2. The summed E-state index contributed by atoms with van der Waals surface area (Å²) < 4.78 is 6.54. The fraction of sp³-hybridized carbons (Fsp3) is 0.615. The van der Waals surface area contributed by atoms with Gasteiger partial charge in [-0.15, -0.1) is 0 Å². The van der Waals surface area contributed by atoms with E-state index in [4.69, 9.17) is 9.84 Å². The lowest BCUT2D eigenvalue weighted by molar-refractivity contribution is -0.158. The van der Waals surface area contributed by atoms with Crippen LogP contribution in [0.4, 0.5) is 0 Å². The molecule has 106 valence electrons. The monoisotopic (exact) mass is 268 g/mol. The molecule has 1 aromatic rings. The van der Waals surface area contributed by atoms with Gasteiger partial charge in [-0.25, -0.2) is 0 Å². The average Bonchev–Trinajstić information content (AvgIpc) is 2.83. The van der Waals surface area contributed by atoms with Crippen molar-refractivity contribution in [1.29, 1.82) is 0 Å². The fourth-order valence-electron chi connectivity index (χ4n) is 1.64. The van der Waals surface area contributed by atoms with Gasteiger partial charge in [0.1, 0.15) is 0 Å². The van der Waals surface area contributed by atoms with Crippen LogP contribution in [0.1, 0.15) is 38.9 Å². The van der Waals surface area contributed by atoms with Crippen molar-refractivity contribution >= 4 is 11.9 Å². The van der Waals surface area contributed by atoms with Gasteiger partial charge in [0.05, 0.1) is 12.3 Å². The van der Waals surface area contributed by atoms with Crippen LogP contribution >= 0.6 is 0 Å². The normalized spacial score (nSPS) is 13.8. The summed E-state index contributed by atoms with van der Waals surface area (Å²) in [6.45, 7) is 5.89. The highest BCUT2D eigenvalue weighted by molar-refractivity contribution is 5.94. The molecule has 0 spiro atoms. The Hall–Kier alpha value is -1.85. The highest BCUT2D eigenvalue weighted by atomic mass is 16.5. The molecule has 2 atom stereocenters. The van der Waals surface area contributed by atoms with Crippen LogP contribution in [-0.2, 0) is 20.7 Å². The number of aromatic nitrogens is 2. The summed E-state index contributed by atoms with van der Waals surface area (Å²) in [5.74, 6) is -3.09. The molecule has 6 heteroatoms. The minimum absolute atomic E-state index is 0.0532. The molecule has 0 aliphatic heterocycles. The zero-order chi connectivity index (χ0) is 14.4. The van der Waals surface area contributed by atoms with E-state index in [2.05, 4.69) is 5.10 Å². The molecule has 0 aliphatic carbocycles. The first-order valence-electron chi connectivity index (χ1n) is 6.43. The third-order valence-electron chi connectivity index (χ3n) is 2.99. The van der Waals surface area contributed by atoms with Crippen molar-refractivity contribution in [2.45, 2.75) is 39.7 Å². The molecule has 0 saturated carbocycles. The van der Waals surface area contributed by atoms with Crippen molar-refractivity contribution in [2.24, 2.45) is 5.92 Å². The number of rotatable bonds is 7. The minimum Gasteiger partial charge on any atom is -0.481 e. The molecule has 6 nitrogen and oxygen atoms in total. The van der Waals surface area contributed by atoms with E-state index in [1.165, 1.54) is 0 Å².